The highest BCUT2D eigenvalue weighted by molar-refractivity contribution is 7.99. The second-order valence-corrected chi connectivity index (χ2v) is 5.52. The third-order valence-corrected chi connectivity index (χ3v) is 4.41. The summed E-state index contributed by atoms with van der Waals surface area (Å²) < 4.78 is 6.96. The fraction of sp³-hybridized carbons (Fsp3) is 0.636. The number of thioether (sulfide) groups is 1. The van der Waals surface area contributed by atoms with Crippen LogP contribution in [0.4, 0.5) is 0 Å². The Morgan fingerprint density at radius 2 is 2.00 bits per heavy atom. The summed E-state index contributed by atoms with van der Waals surface area (Å²) in [6, 6.07) is 0. The van der Waals surface area contributed by atoms with Gasteiger partial charge in [0.2, 0.25) is 0 Å². The summed E-state index contributed by atoms with van der Waals surface area (Å²) in [7, 11) is 0. The van der Waals surface area contributed by atoms with Crippen molar-refractivity contribution in [2.45, 2.75) is 18.1 Å². The second-order valence-electron chi connectivity index (χ2n) is 4.43. The highest BCUT2D eigenvalue weighted by Gasteiger charge is 2.22. The molecule has 0 aliphatic carbocycles. The van der Waals surface area contributed by atoms with Gasteiger partial charge < -0.3 is 4.74 Å². The fourth-order valence-corrected chi connectivity index (χ4v) is 3.45. The van der Waals surface area contributed by atoms with Gasteiger partial charge in [0.25, 0.3) is 5.56 Å². The minimum absolute atomic E-state index is 0.243. The van der Waals surface area contributed by atoms with E-state index in [1.807, 2.05) is 0 Å². The molecule has 1 fully saturated rings. The van der Waals surface area contributed by atoms with Crippen LogP contribution in [0.25, 0.3) is 0 Å². The van der Waals surface area contributed by atoms with Crippen molar-refractivity contribution in [3.05, 3.63) is 26.4 Å². The molecule has 1 N–H and O–H groups in total. The molecule has 2 aliphatic heterocycles. The molecule has 1 aromatic heterocycles. The van der Waals surface area contributed by atoms with Gasteiger partial charge in [0.1, 0.15) is 0 Å². The molecular weight excluding hydrogens is 254 g/mol. The number of rotatable bonds is 2. The molecule has 0 spiro atoms. The van der Waals surface area contributed by atoms with E-state index < -0.39 is 0 Å². The summed E-state index contributed by atoms with van der Waals surface area (Å²) in [6.07, 6.45) is 0. The first-order valence-electron chi connectivity index (χ1n) is 6.04. The van der Waals surface area contributed by atoms with Crippen molar-refractivity contribution in [1.29, 1.82) is 0 Å². The predicted molar refractivity (Wildman–Crippen MR) is 68.1 cm³/mol. The molecule has 18 heavy (non-hydrogen) atoms. The molecule has 0 aromatic carbocycles. The van der Waals surface area contributed by atoms with Crippen LogP contribution in [0.1, 0.15) is 5.56 Å². The summed E-state index contributed by atoms with van der Waals surface area (Å²) in [5, 5.41) is 0.843. The Labute approximate surface area is 108 Å². The molecule has 0 amide bonds. The lowest BCUT2D eigenvalue weighted by molar-refractivity contribution is 0.0335. The maximum absolute atomic E-state index is 11.9. The molecule has 98 valence electrons. The molecule has 0 saturated carbocycles. The number of nitrogens with one attached hydrogen (secondary N) is 1. The fourth-order valence-electron chi connectivity index (χ4n) is 2.32. The van der Waals surface area contributed by atoms with Gasteiger partial charge in [-0.05, 0) is 0 Å². The molecule has 1 saturated heterocycles. The Morgan fingerprint density at radius 1 is 1.22 bits per heavy atom. The molecule has 0 unspecified atom stereocenters. The number of ether oxygens (including phenoxy) is 1. The Balaban J connectivity index is 1.94. The zero-order chi connectivity index (χ0) is 12.5. The van der Waals surface area contributed by atoms with E-state index in [4.69, 9.17) is 4.74 Å². The number of morpholine rings is 1. The van der Waals surface area contributed by atoms with Gasteiger partial charge in [-0.2, -0.15) is 0 Å². The molecule has 2 aliphatic rings. The summed E-state index contributed by atoms with van der Waals surface area (Å²) in [5.74, 6) is 0.864. The zero-order valence-corrected chi connectivity index (χ0v) is 10.8. The van der Waals surface area contributed by atoms with Crippen LogP contribution in [-0.2, 0) is 17.8 Å². The van der Waals surface area contributed by atoms with Gasteiger partial charge in [0, 0.05) is 31.9 Å². The minimum Gasteiger partial charge on any atom is -0.379 e. The van der Waals surface area contributed by atoms with Crippen LogP contribution < -0.4 is 11.2 Å². The highest BCUT2D eigenvalue weighted by atomic mass is 32.2. The van der Waals surface area contributed by atoms with E-state index in [2.05, 4.69) is 9.88 Å². The lowest BCUT2D eigenvalue weighted by Crippen LogP contribution is -2.39. The highest BCUT2D eigenvalue weighted by Crippen LogP contribution is 2.25. The number of fused-ring (bicyclic) bond motifs is 1. The van der Waals surface area contributed by atoms with Crippen LogP contribution in [-0.4, -0.2) is 46.5 Å². The molecular formula is C11H15N3O3S. The quantitative estimate of drug-likeness (QED) is 0.731. The summed E-state index contributed by atoms with van der Waals surface area (Å²) in [5.41, 5.74) is 0.192. The minimum atomic E-state index is -0.286. The van der Waals surface area contributed by atoms with Gasteiger partial charge in [-0.15, -0.1) is 11.8 Å². The van der Waals surface area contributed by atoms with Crippen LogP contribution in [0.5, 0.6) is 0 Å². The average Bonchev–Trinajstić information content (AvgIpc) is 2.85. The van der Waals surface area contributed by atoms with Crippen LogP contribution in [0, 0.1) is 0 Å². The smallest absolute Gasteiger partial charge is 0.329 e. The van der Waals surface area contributed by atoms with E-state index in [1.54, 1.807) is 16.3 Å². The Kier molecular flexibility index (Phi) is 3.27. The summed E-state index contributed by atoms with van der Waals surface area (Å²) in [4.78, 5) is 28.2. The molecule has 3 heterocycles. The van der Waals surface area contributed by atoms with Crippen LogP contribution in [0.15, 0.2) is 14.6 Å². The first kappa shape index (κ1) is 12.0. The predicted octanol–water partition coefficient (Wildman–Crippen LogP) is -0.526. The van der Waals surface area contributed by atoms with E-state index in [1.165, 1.54) is 0 Å². The zero-order valence-electron chi connectivity index (χ0n) is 9.98. The lowest BCUT2D eigenvalue weighted by Gasteiger charge is -2.26. The van der Waals surface area contributed by atoms with E-state index in [9.17, 15) is 9.59 Å². The maximum atomic E-state index is 11.9. The van der Waals surface area contributed by atoms with Crippen molar-refractivity contribution in [1.82, 2.24) is 14.5 Å². The Morgan fingerprint density at radius 3 is 2.78 bits per heavy atom. The molecule has 6 nitrogen and oxygen atoms in total. The number of hydrogen-bond donors (Lipinski definition) is 1. The standard InChI is InChI=1S/C11H15N3O3S/c15-9-8(7-13-1-4-17-5-2-13)10-14(3-6-18-10)11(16)12-9/h1-7H2,(H,12,15,16). The third kappa shape index (κ3) is 2.13. The number of hydrogen-bond acceptors (Lipinski definition) is 5. The van der Waals surface area contributed by atoms with Crippen LogP contribution >= 0.6 is 11.8 Å². The van der Waals surface area contributed by atoms with E-state index in [-0.39, 0.29) is 11.2 Å². The lowest BCUT2D eigenvalue weighted by atomic mass is 10.3. The van der Waals surface area contributed by atoms with E-state index in [0.29, 0.717) is 26.3 Å². The van der Waals surface area contributed by atoms with E-state index >= 15 is 0 Å². The first-order chi connectivity index (χ1) is 8.75. The molecule has 3 rings (SSSR count). The van der Waals surface area contributed by atoms with Crippen molar-refractivity contribution in [3.63, 3.8) is 0 Å². The Bertz CT molecular complexity index is 560. The van der Waals surface area contributed by atoms with Crippen LogP contribution in [0.3, 0.4) is 0 Å². The van der Waals surface area contributed by atoms with E-state index in [0.717, 1.165) is 29.4 Å². The second kappa shape index (κ2) is 4.91. The third-order valence-electron chi connectivity index (χ3n) is 3.28. The topological polar surface area (TPSA) is 67.3 Å². The molecule has 7 heteroatoms. The van der Waals surface area contributed by atoms with Gasteiger partial charge in [0.15, 0.2) is 0 Å². The Hall–Kier alpha value is -1.05. The summed E-state index contributed by atoms with van der Waals surface area (Å²) >= 11 is 1.60. The van der Waals surface area contributed by atoms with Crippen molar-refractivity contribution >= 4 is 11.8 Å². The number of aromatic amines is 1. The van der Waals surface area contributed by atoms with Gasteiger partial charge in [-0.1, -0.05) is 0 Å². The number of H-pyrrole nitrogens is 1. The number of aromatic nitrogens is 2. The molecule has 0 radical (unpaired) electrons. The molecule has 1 aromatic rings. The summed E-state index contributed by atoms with van der Waals surface area (Å²) in [6.45, 7) is 4.37. The molecule has 0 bridgehead atoms. The maximum Gasteiger partial charge on any atom is 0.329 e. The van der Waals surface area contributed by atoms with Gasteiger partial charge in [-0.25, -0.2) is 4.79 Å². The van der Waals surface area contributed by atoms with Crippen molar-refractivity contribution in [2.75, 3.05) is 32.1 Å². The van der Waals surface area contributed by atoms with Gasteiger partial charge >= 0.3 is 5.69 Å². The first-order valence-corrected chi connectivity index (χ1v) is 7.03. The molecule has 0 atom stereocenters. The monoisotopic (exact) mass is 269 g/mol. The average molecular weight is 269 g/mol. The van der Waals surface area contributed by atoms with Crippen molar-refractivity contribution in [3.8, 4) is 0 Å². The van der Waals surface area contributed by atoms with Gasteiger partial charge in [0.05, 0.1) is 23.8 Å². The van der Waals surface area contributed by atoms with Crippen molar-refractivity contribution < 1.29 is 4.74 Å². The number of nitrogens with zero attached hydrogens (tertiary/aromatic N) is 2. The SMILES string of the molecule is O=c1[nH]c(=O)n2c(c1CN1CCOCC1)SCC2. The normalized spacial score (nSPS) is 20.0. The largest absolute Gasteiger partial charge is 0.379 e. The van der Waals surface area contributed by atoms with Crippen LogP contribution in [0.2, 0.25) is 0 Å². The van der Waals surface area contributed by atoms with Gasteiger partial charge in [-0.3, -0.25) is 19.2 Å². The van der Waals surface area contributed by atoms with Crippen molar-refractivity contribution in [2.24, 2.45) is 0 Å².